The Morgan fingerprint density at radius 3 is 2.26 bits per heavy atom. The van der Waals surface area contributed by atoms with E-state index >= 15 is 0 Å². The number of nitrogens with zero attached hydrogens (tertiary/aromatic N) is 2. The van der Waals surface area contributed by atoms with Crippen molar-refractivity contribution in [2.75, 3.05) is 32.8 Å². The van der Waals surface area contributed by atoms with E-state index < -0.39 is 0 Å². The van der Waals surface area contributed by atoms with Crippen LogP contribution in [-0.4, -0.2) is 54.4 Å². The predicted molar refractivity (Wildman–Crippen MR) is 100.0 cm³/mol. The van der Waals surface area contributed by atoms with Crippen LogP contribution in [0.15, 0.2) is 48.5 Å². The molecule has 2 aromatic carbocycles. The zero-order chi connectivity index (χ0) is 19.2. The van der Waals surface area contributed by atoms with E-state index in [1.807, 2.05) is 18.2 Å². The Bertz CT molecular complexity index is 805. The number of benzene rings is 2. The summed E-state index contributed by atoms with van der Waals surface area (Å²) in [5.74, 6) is -0.647. The highest BCUT2D eigenvalue weighted by molar-refractivity contribution is 6.31. The molecule has 0 aromatic heterocycles. The van der Waals surface area contributed by atoms with Gasteiger partial charge in [0, 0.05) is 36.8 Å². The van der Waals surface area contributed by atoms with Crippen molar-refractivity contribution in [2.45, 2.75) is 6.61 Å². The third-order valence-corrected chi connectivity index (χ3v) is 4.82. The van der Waals surface area contributed by atoms with Gasteiger partial charge in [-0.15, -0.1) is 0 Å². The van der Waals surface area contributed by atoms with Crippen molar-refractivity contribution in [1.82, 2.24) is 9.80 Å². The van der Waals surface area contributed by atoms with Crippen molar-refractivity contribution in [2.24, 2.45) is 0 Å². The van der Waals surface area contributed by atoms with Crippen LogP contribution in [0, 0.1) is 5.82 Å². The Balaban J connectivity index is 1.44. The highest BCUT2D eigenvalue weighted by atomic mass is 35.5. The van der Waals surface area contributed by atoms with Crippen LogP contribution in [-0.2, 0) is 16.1 Å². The number of amides is 2. The Hall–Kier alpha value is -2.44. The average molecular weight is 391 g/mol. The van der Waals surface area contributed by atoms with Crippen LogP contribution in [0.1, 0.15) is 15.9 Å². The van der Waals surface area contributed by atoms with E-state index in [4.69, 9.17) is 16.3 Å². The van der Waals surface area contributed by atoms with E-state index in [-0.39, 0.29) is 30.8 Å². The molecule has 0 unspecified atom stereocenters. The van der Waals surface area contributed by atoms with Gasteiger partial charge in [0.1, 0.15) is 12.4 Å². The van der Waals surface area contributed by atoms with E-state index in [0.29, 0.717) is 36.8 Å². The summed E-state index contributed by atoms with van der Waals surface area (Å²) in [7, 11) is 0. The summed E-state index contributed by atoms with van der Waals surface area (Å²) in [5.41, 5.74) is 1.28. The maximum atomic E-state index is 13.0. The molecular formula is C20H20ClFN2O3. The summed E-state index contributed by atoms with van der Waals surface area (Å²) in [6.07, 6.45) is 0. The first-order valence-corrected chi connectivity index (χ1v) is 9.06. The Labute approximate surface area is 162 Å². The Morgan fingerprint density at radius 1 is 0.963 bits per heavy atom. The standard InChI is InChI=1S/C20H20ClFN2O3/c21-18-4-2-1-3-16(18)13-27-14-19(25)23-9-11-24(12-10-23)20(26)15-5-7-17(22)8-6-15/h1-8H,9-14H2. The number of ether oxygens (including phenoxy) is 1. The summed E-state index contributed by atoms with van der Waals surface area (Å²) in [4.78, 5) is 28.0. The second kappa shape index (κ2) is 8.97. The van der Waals surface area contributed by atoms with Crippen molar-refractivity contribution < 1.29 is 18.7 Å². The topological polar surface area (TPSA) is 49.9 Å². The number of carbonyl (C=O) groups excluding carboxylic acids is 2. The van der Waals surface area contributed by atoms with E-state index in [1.165, 1.54) is 24.3 Å². The van der Waals surface area contributed by atoms with Gasteiger partial charge < -0.3 is 14.5 Å². The average Bonchev–Trinajstić information content (AvgIpc) is 2.69. The second-order valence-corrected chi connectivity index (χ2v) is 6.67. The maximum absolute atomic E-state index is 13.0. The molecule has 0 radical (unpaired) electrons. The molecule has 0 aliphatic carbocycles. The molecule has 142 valence electrons. The number of carbonyl (C=O) groups is 2. The van der Waals surface area contributed by atoms with Gasteiger partial charge in [-0.3, -0.25) is 9.59 Å². The fourth-order valence-electron chi connectivity index (χ4n) is 2.89. The van der Waals surface area contributed by atoms with Crippen LogP contribution >= 0.6 is 11.6 Å². The van der Waals surface area contributed by atoms with Crippen LogP contribution in [0.25, 0.3) is 0 Å². The van der Waals surface area contributed by atoms with Crippen molar-refractivity contribution in [3.8, 4) is 0 Å². The van der Waals surface area contributed by atoms with Gasteiger partial charge >= 0.3 is 0 Å². The van der Waals surface area contributed by atoms with Crippen molar-refractivity contribution in [3.05, 3.63) is 70.5 Å². The smallest absolute Gasteiger partial charge is 0.253 e. The van der Waals surface area contributed by atoms with Crippen LogP contribution in [0.5, 0.6) is 0 Å². The SMILES string of the molecule is O=C(COCc1ccccc1Cl)N1CCN(C(=O)c2ccc(F)cc2)CC1. The zero-order valence-electron chi connectivity index (χ0n) is 14.7. The zero-order valence-corrected chi connectivity index (χ0v) is 15.5. The normalized spacial score (nSPS) is 14.3. The van der Waals surface area contributed by atoms with Crippen LogP contribution in [0.2, 0.25) is 5.02 Å². The van der Waals surface area contributed by atoms with Gasteiger partial charge in [-0.05, 0) is 35.9 Å². The molecule has 7 heteroatoms. The first-order chi connectivity index (χ1) is 13.0. The minimum atomic E-state index is -0.376. The molecule has 0 bridgehead atoms. The molecule has 1 heterocycles. The minimum absolute atomic E-state index is 0.0306. The van der Waals surface area contributed by atoms with Gasteiger partial charge in [0.2, 0.25) is 5.91 Å². The molecule has 3 rings (SSSR count). The summed E-state index contributed by atoms with van der Waals surface area (Å²) in [6.45, 7) is 2.01. The molecule has 0 atom stereocenters. The lowest BCUT2D eigenvalue weighted by Crippen LogP contribution is -2.51. The highest BCUT2D eigenvalue weighted by Crippen LogP contribution is 2.16. The van der Waals surface area contributed by atoms with Gasteiger partial charge in [0.05, 0.1) is 6.61 Å². The quantitative estimate of drug-likeness (QED) is 0.788. The van der Waals surface area contributed by atoms with Gasteiger partial charge in [-0.25, -0.2) is 4.39 Å². The van der Waals surface area contributed by atoms with E-state index in [1.54, 1.807) is 15.9 Å². The third kappa shape index (κ3) is 5.05. The molecule has 0 saturated carbocycles. The van der Waals surface area contributed by atoms with E-state index in [9.17, 15) is 14.0 Å². The number of hydrogen-bond acceptors (Lipinski definition) is 3. The van der Waals surface area contributed by atoms with Gasteiger partial charge in [-0.1, -0.05) is 29.8 Å². The molecule has 1 aliphatic rings. The molecule has 2 aromatic rings. The van der Waals surface area contributed by atoms with Crippen LogP contribution in [0.4, 0.5) is 4.39 Å². The first kappa shape index (κ1) is 19.3. The van der Waals surface area contributed by atoms with Gasteiger partial charge in [0.25, 0.3) is 5.91 Å². The number of piperazine rings is 1. The second-order valence-electron chi connectivity index (χ2n) is 6.26. The fourth-order valence-corrected chi connectivity index (χ4v) is 3.08. The Morgan fingerprint density at radius 2 is 1.59 bits per heavy atom. The molecule has 0 spiro atoms. The third-order valence-electron chi connectivity index (χ3n) is 4.45. The van der Waals surface area contributed by atoms with Crippen LogP contribution in [0.3, 0.4) is 0 Å². The predicted octanol–water partition coefficient (Wildman–Crippen LogP) is 2.98. The van der Waals surface area contributed by atoms with Crippen LogP contribution < -0.4 is 0 Å². The molecule has 1 saturated heterocycles. The summed E-state index contributed by atoms with van der Waals surface area (Å²) in [5, 5.41) is 0.609. The highest BCUT2D eigenvalue weighted by Gasteiger charge is 2.24. The Kier molecular flexibility index (Phi) is 6.42. The lowest BCUT2D eigenvalue weighted by Gasteiger charge is -2.34. The van der Waals surface area contributed by atoms with Crippen molar-refractivity contribution in [3.63, 3.8) is 0 Å². The summed E-state index contributed by atoms with van der Waals surface area (Å²) in [6, 6.07) is 12.8. The molecular weight excluding hydrogens is 371 g/mol. The number of hydrogen-bond donors (Lipinski definition) is 0. The molecule has 1 fully saturated rings. The summed E-state index contributed by atoms with van der Waals surface area (Å²) < 4.78 is 18.5. The maximum Gasteiger partial charge on any atom is 0.253 e. The molecule has 27 heavy (non-hydrogen) atoms. The monoisotopic (exact) mass is 390 g/mol. The van der Waals surface area contributed by atoms with Gasteiger partial charge in [-0.2, -0.15) is 0 Å². The van der Waals surface area contributed by atoms with Gasteiger partial charge in [0.15, 0.2) is 0 Å². The van der Waals surface area contributed by atoms with Crippen molar-refractivity contribution in [1.29, 1.82) is 0 Å². The lowest BCUT2D eigenvalue weighted by molar-refractivity contribution is -0.138. The molecule has 2 amide bonds. The van der Waals surface area contributed by atoms with E-state index in [2.05, 4.69) is 0 Å². The molecule has 0 N–H and O–H groups in total. The molecule has 5 nitrogen and oxygen atoms in total. The van der Waals surface area contributed by atoms with Crippen molar-refractivity contribution >= 4 is 23.4 Å². The first-order valence-electron chi connectivity index (χ1n) is 8.68. The minimum Gasteiger partial charge on any atom is -0.367 e. The molecule has 1 aliphatic heterocycles. The summed E-state index contributed by atoms with van der Waals surface area (Å²) >= 11 is 6.06. The number of halogens is 2. The fraction of sp³-hybridized carbons (Fsp3) is 0.300. The lowest BCUT2D eigenvalue weighted by atomic mass is 10.2. The van der Waals surface area contributed by atoms with E-state index in [0.717, 1.165) is 5.56 Å². The largest absolute Gasteiger partial charge is 0.367 e. The number of rotatable bonds is 5.